The van der Waals surface area contributed by atoms with E-state index in [0.717, 1.165) is 5.56 Å². The summed E-state index contributed by atoms with van der Waals surface area (Å²) in [5.74, 6) is -0.264. The van der Waals surface area contributed by atoms with Gasteiger partial charge in [-0.15, -0.1) is 0 Å². The maximum Gasteiger partial charge on any atom is 0.227 e. The van der Waals surface area contributed by atoms with E-state index in [9.17, 15) is 9.90 Å². The van der Waals surface area contributed by atoms with Crippen molar-refractivity contribution in [2.45, 2.75) is 18.5 Å². The van der Waals surface area contributed by atoms with Crippen molar-refractivity contribution in [1.82, 2.24) is 5.32 Å². The molecule has 0 saturated heterocycles. The van der Waals surface area contributed by atoms with E-state index in [4.69, 9.17) is 5.73 Å². The average Bonchev–Trinajstić information content (AvgIpc) is 2.83. The van der Waals surface area contributed by atoms with E-state index in [-0.39, 0.29) is 30.5 Å². The highest BCUT2D eigenvalue weighted by atomic mass is 16.3. The lowest BCUT2D eigenvalue weighted by molar-refractivity contribution is -0.124. The molecule has 1 amide bonds. The molecule has 2 rings (SSSR count). The molecule has 4 N–H and O–H groups in total. The smallest absolute Gasteiger partial charge is 0.227 e. The number of amides is 1. The predicted octanol–water partition coefficient (Wildman–Crippen LogP) is 0.740. The van der Waals surface area contributed by atoms with Crippen LogP contribution in [0.1, 0.15) is 18.0 Å². The zero-order valence-corrected chi connectivity index (χ0v) is 10.1. The van der Waals surface area contributed by atoms with Gasteiger partial charge in [-0.25, -0.2) is 0 Å². The van der Waals surface area contributed by atoms with E-state index in [2.05, 4.69) is 5.32 Å². The number of nitrogens with two attached hydrogens (primary N) is 1. The van der Waals surface area contributed by atoms with E-state index in [1.54, 1.807) is 0 Å². The van der Waals surface area contributed by atoms with E-state index in [1.165, 1.54) is 0 Å². The molecule has 0 spiro atoms. The zero-order valence-electron chi connectivity index (χ0n) is 10.1. The van der Waals surface area contributed by atoms with Gasteiger partial charge in [0.1, 0.15) is 0 Å². The number of aliphatic hydroxyl groups excluding tert-OH is 1. The predicted molar refractivity (Wildman–Crippen MR) is 69.6 cm³/mol. The van der Waals surface area contributed by atoms with Crippen LogP contribution in [0.3, 0.4) is 0 Å². The van der Waals surface area contributed by atoms with Crippen LogP contribution in [0.5, 0.6) is 0 Å². The topological polar surface area (TPSA) is 75.4 Å². The van der Waals surface area contributed by atoms with Crippen LogP contribution in [0.15, 0.2) is 42.5 Å². The van der Waals surface area contributed by atoms with Crippen LogP contribution in [0, 0.1) is 5.92 Å². The third-order valence-corrected chi connectivity index (χ3v) is 3.15. The van der Waals surface area contributed by atoms with Crippen molar-refractivity contribution in [3.8, 4) is 0 Å². The zero-order chi connectivity index (χ0) is 13.0. The van der Waals surface area contributed by atoms with Gasteiger partial charge in [0.05, 0.1) is 18.6 Å². The van der Waals surface area contributed by atoms with Crippen LogP contribution in [-0.4, -0.2) is 23.7 Å². The Morgan fingerprint density at radius 1 is 1.39 bits per heavy atom. The first-order valence-electron chi connectivity index (χ1n) is 6.11. The number of carbonyl (C=O) groups is 1. The molecule has 18 heavy (non-hydrogen) atoms. The molecule has 1 aromatic rings. The third-order valence-electron chi connectivity index (χ3n) is 3.15. The molecule has 1 aromatic carbocycles. The number of benzene rings is 1. The molecule has 4 heteroatoms. The Kier molecular flexibility index (Phi) is 4.12. The first-order chi connectivity index (χ1) is 8.70. The molecule has 0 bridgehead atoms. The standard InChI is InChI=1S/C14H18N2O2/c15-12-7-6-11(8-12)14(18)16-13(9-17)10-4-2-1-3-5-10/h1-7,11-13,17H,8-9,15H2,(H,16,18)/t11?,12?,13-/m1/s1. The largest absolute Gasteiger partial charge is 0.394 e. The van der Waals surface area contributed by atoms with Gasteiger partial charge in [0.2, 0.25) is 5.91 Å². The fraction of sp³-hybridized carbons (Fsp3) is 0.357. The molecule has 1 aliphatic carbocycles. The van der Waals surface area contributed by atoms with Crippen LogP contribution in [-0.2, 0) is 4.79 Å². The maximum absolute atomic E-state index is 12.0. The minimum absolute atomic E-state index is 0.0370. The van der Waals surface area contributed by atoms with Gasteiger partial charge in [-0.2, -0.15) is 0 Å². The molecule has 0 heterocycles. The van der Waals surface area contributed by atoms with Crippen LogP contribution >= 0.6 is 0 Å². The van der Waals surface area contributed by atoms with Crippen molar-refractivity contribution in [2.75, 3.05) is 6.61 Å². The summed E-state index contributed by atoms with van der Waals surface area (Å²) >= 11 is 0. The van der Waals surface area contributed by atoms with E-state index >= 15 is 0 Å². The van der Waals surface area contributed by atoms with Crippen molar-refractivity contribution in [2.24, 2.45) is 11.7 Å². The molecule has 96 valence electrons. The molecular weight excluding hydrogens is 228 g/mol. The molecule has 0 fully saturated rings. The monoisotopic (exact) mass is 246 g/mol. The second-order valence-electron chi connectivity index (χ2n) is 4.55. The first-order valence-corrected chi connectivity index (χ1v) is 6.11. The van der Waals surface area contributed by atoms with E-state index in [0.29, 0.717) is 6.42 Å². The van der Waals surface area contributed by atoms with Crippen LogP contribution < -0.4 is 11.1 Å². The summed E-state index contributed by atoms with van der Waals surface area (Å²) in [4.78, 5) is 12.0. The van der Waals surface area contributed by atoms with Gasteiger partial charge >= 0.3 is 0 Å². The van der Waals surface area contributed by atoms with Gasteiger partial charge in [-0.3, -0.25) is 4.79 Å². The fourth-order valence-electron chi connectivity index (χ4n) is 2.12. The Bertz CT molecular complexity index is 431. The normalized spacial score (nSPS) is 23.9. The molecule has 0 radical (unpaired) electrons. The third kappa shape index (κ3) is 2.97. The highest BCUT2D eigenvalue weighted by Crippen LogP contribution is 2.19. The average molecular weight is 246 g/mol. The molecular formula is C14H18N2O2. The second-order valence-corrected chi connectivity index (χ2v) is 4.55. The van der Waals surface area contributed by atoms with E-state index < -0.39 is 0 Å². The number of nitrogens with one attached hydrogen (secondary N) is 1. The summed E-state index contributed by atoms with van der Waals surface area (Å²) < 4.78 is 0. The number of hydrogen-bond donors (Lipinski definition) is 3. The lowest BCUT2D eigenvalue weighted by atomic mass is 10.0. The van der Waals surface area contributed by atoms with Crippen molar-refractivity contribution in [1.29, 1.82) is 0 Å². The van der Waals surface area contributed by atoms with Crippen molar-refractivity contribution >= 4 is 5.91 Å². The summed E-state index contributed by atoms with van der Waals surface area (Å²) in [6.45, 7) is -0.113. The highest BCUT2D eigenvalue weighted by molar-refractivity contribution is 5.81. The SMILES string of the molecule is NC1C=CC(C(=O)N[C@H](CO)c2ccccc2)C1. The lowest BCUT2D eigenvalue weighted by Crippen LogP contribution is -2.35. The Morgan fingerprint density at radius 2 is 2.11 bits per heavy atom. The summed E-state index contributed by atoms with van der Waals surface area (Å²) in [6.07, 6.45) is 4.32. The summed E-state index contributed by atoms with van der Waals surface area (Å²) in [6, 6.07) is 9.05. The van der Waals surface area contributed by atoms with Crippen LogP contribution in [0.2, 0.25) is 0 Å². The van der Waals surface area contributed by atoms with Crippen molar-refractivity contribution in [3.05, 3.63) is 48.0 Å². The van der Waals surface area contributed by atoms with Gasteiger partial charge in [0.15, 0.2) is 0 Å². The number of aliphatic hydroxyl groups is 1. The summed E-state index contributed by atoms with van der Waals surface area (Å²) in [7, 11) is 0. The Balaban J connectivity index is 1.99. The summed E-state index contributed by atoms with van der Waals surface area (Å²) in [5.41, 5.74) is 6.62. The maximum atomic E-state index is 12.0. The Morgan fingerprint density at radius 3 is 2.67 bits per heavy atom. The Labute approximate surface area is 107 Å². The van der Waals surface area contributed by atoms with Crippen molar-refractivity contribution in [3.63, 3.8) is 0 Å². The number of hydrogen-bond acceptors (Lipinski definition) is 3. The molecule has 0 saturated carbocycles. The minimum atomic E-state index is -0.357. The molecule has 4 nitrogen and oxygen atoms in total. The van der Waals surface area contributed by atoms with Crippen LogP contribution in [0.4, 0.5) is 0 Å². The summed E-state index contributed by atoms with van der Waals surface area (Å²) in [5, 5.41) is 12.2. The number of carbonyl (C=O) groups excluding carboxylic acids is 1. The van der Waals surface area contributed by atoms with Crippen LogP contribution in [0.25, 0.3) is 0 Å². The van der Waals surface area contributed by atoms with Gasteiger partial charge in [0.25, 0.3) is 0 Å². The Hall–Kier alpha value is -1.65. The molecule has 3 atom stereocenters. The first kappa shape index (κ1) is 12.8. The molecule has 1 aliphatic rings. The lowest BCUT2D eigenvalue weighted by Gasteiger charge is -2.19. The van der Waals surface area contributed by atoms with E-state index in [1.807, 2.05) is 42.5 Å². The van der Waals surface area contributed by atoms with Gasteiger partial charge in [0, 0.05) is 6.04 Å². The van der Waals surface area contributed by atoms with Gasteiger partial charge in [-0.05, 0) is 12.0 Å². The quantitative estimate of drug-likeness (QED) is 0.686. The second kappa shape index (κ2) is 5.80. The fourth-order valence-corrected chi connectivity index (χ4v) is 2.12. The molecule has 0 aliphatic heterocycles. The van der Waals surface area contributed by atoms with Gasteiger partial charge < -0.3 is 16.2 Å². The minimum Gasteiger partial charge on any atom is -0.394 e. The number of rotatable bonds is 4. The molecule has 2 unspecified atom stereocenters. The highest BCUT2D eigenvalue weighted by Gasteiger charge is 2.24. The van der Waals surface area contributed by atoms with Gasteiger partial charge in [-0.1, -0.05) is 42.5 Å². The molecule has 0 aromatic heterocycles. The van der Waals surface area contributed by atoms with Crippen molar-refractivity contribution < 1.29 is 9.90 Å².